The first-order valence-electron chi connectivity index (χ1n) is 12.0. The summed E-state index contributed by atoms with van der Waals surface area (Å²) in [5.74, 6) is -0.553. The summed E-state index contributed by atoms with van der Waals surface area (Å²) in [4.78, 5) is 36.4. The van der Waals surface area contributed by atoms with Crippen LogP contribution in [0.2, 0.25) is 5.02 Å². The van der Waals surface area contributed by atoms with Crippen LogP contribution in [-0.2, 0) is 20.7 Å². The summed E-state index contributed by atoms with van der Waals surface area (Å²) in [5, 5.41) is 21.0. The molecule has 0 aliphatic heterocycles. The van der Waals surface area contributed by atoms with Gasteiger partial charge in [-0.25, -0.2) is 0 Å². The number of carbonyl (C=O) groups excluding carboxylic acids is 3. The Morgan fingerprint density at radius 1 is 1.29 bits per heavy atom. The molecule has 188 valence electrons. The summed E-state index contributed by atoms with van der Waals surface area (Å²) in [5.41, 5.74) is 0.873. The van der Waals surface area contributed by atoms with Crippen molar-refractivity contribution in [2.24, 2.45) is 17.3 Å². The smallest absolute Gasteiger partial charge is 0.306 e. The fourth-order valence-electron chi connectivity index (χ4n) is 4.81. The number of ketones is 1. The first-order valence-corrected chi connectivity index (χ1v) is 12.3. The average Bonchev–Trinajstić information content (AvgIpc) is 2.79. The first kappa shape index (κ1) is 27.9. The van der Waals surface area contributed by atoms with Crippen LogP contribution < -0.4 is 0 Å². The molecule has 1 saturated carbocycles. The lowest BCUT2D eigenvalue weighted by molar-refractivity contribution is -0.150. The van der Waals surface area contributed by atoms with Crippen molar-refractivity contribution in [2.75, 3.05) is 0 Å². The molecular formula is C27H37ClO6. The monoisotopic (exact) mass is 492 g/mol. The van der Waals surface area contributed by atoms with E-state index in [-0.39, 0.29) is 63.1 Å². The van der Waals surface area contributed by atoms with E-state index in [9.17, 15) is 24.6 Å². The highest BCUT2D eigenvalue weighted by Crippen LogP contribution is 2.48. The molecule has 1 aliphatic rings. The van der Waals surface area contributed by atoms with Gasteiger partial charge < -0.3 is 14.9 Å². The highest BCUT2D eigenvalue weighted by Gasteiger charge is 2.45. The molecule has 0 saturated heterocycles. The zero-order chi connectivity index (χ0) is 25.8. The number of carbonyl (C=O) groups is 3. The Hall–Kier alpha value is -2.34. The largest absolute Gasteiger partial charge is 0.507 e. The van der Waals surface area contributed by atoms with Gasteiger partial charge in [-0.05, 0) is 62.0 Å². The number of aromatic hydroxyl groups is 2. The van der Waals surface area contributed by atoms with Crippen LogP contribution in [0.1, 0.15) is 88.2 Å². The van der Waals surface area contributed by atoms with E-state index in [2.05, 4.69) is 13.8 Å². The highest BCUT2D eigenvalue weighted by molar-refractivity contribution is 6.33. The molecule has 1 aromatic carbocycles. The quantitative estimate of drug-likeness (QED) is 0.245. The molecule has 2 N–H and O–H groups in total. The predicted molar refractivity (Wildman–Crippen MR) is 132 cm³/mol. The summed E-state index contributed by atoms with van der Waals surface area (Å²) >= 11 is 6.17. The van der Waals surface area contributed by atoms with E-state index < -0.39 is 6.10 Å². The second-order valence-electron chi connectivity index (χ2n) is 9.86. The third-order valence-electron chi connectivity index (χ3n) is 7.80. The van der Waals surface area contributed by atoms with Crippen molar-refractivity contribution >= 4 is 29.6 Å². The summed E-state index contributed by atoms with van der Waals surface area (Å²) in [6, 6.07) is 0. The Morgan fingerprint density at radius 3 is 2.53 bits per heavy atom. The molecule has 2 rings (SSSR count). The molecule has 1 aromatic rings. The van der Waals surface area contributed by atoms with Gasteiger partial charge in [-0.3, -0.25) is 14.4 Å². The molecule has 0 aromatic heterocycles. The van der Waals surface area contributed by atoms with Crippen LogP contribution in [0.3, 0.4) is 0 Å². The Balaban J connectivity index is 2.42. The Kier molecular flexibility index (Phi) is 9.35. The normalized spacial score (nSPS) is 24.1. The standard InChI is InChI=1S/C27H37ClO6/c1-7-8-23(31)34-22(13-27(6)16(3)10-12-21(30)18(27)5)15(2)9-11-19-25(32)20(14-29)17(4)24(28)26(19)33/h9,14,16,18,22,32-33H,7-8,10-13H2,1-6H3/b15-9+/t16-,18+,22+,27+/m0/s1. The van der Waals surface area contributed by atoms with Gasteiger partial charge in [0.2, 0.25) is 0 Å². The van der Waals surface area contributed by atoms with Gasteiger partial charge in [-0.2, -0.15) is 0 Å². The summed E-state index contributed by atoms with van der Waals surface area (Å²) in [6.45, 7) is 11.5. The molecule has 0 heterocycles. The molecule has 4 atom stereocenters. The van der Waals surface area contributed by atoms with Crippen molar-refractivity contribution < 1.29 is 29.3 Å². The number of esters is 1. The fraction of sp³-hybridized carbons (Fsp3) is 0.593. The lowest BCUT2D eigenvalue weighted by atomic mass is 9.59. The number of phenolic OH excluding ortho intramolecular Hbond substituents is 2. The van der Waals surface area contributed by atoms with Crippen molar-refractivity contribution in [1.29, 1.82) is 0 Å². The van der Waals surface area contributed by atoms with Crippen molar-refractivity contribution in [3.8, 4) is 11.5 Å². The molecule has 0 spiro atoms. The van der Waals surface area contributed by atoms with E-state index in [4.69, 9.17) is 16.3 Å². The predicted octanol–water partition coefficient (Wildman–Crippen LogP) is 6.10. The zero-order valence-electron chi connectivity index (χ0n) is 21.0. The maximum atomic E-state index is 12.5. The minimum absolute atomic E-state index is 0.0164. The topological polar surface area (TPSA) is 101 Å². The maximum absolute atomic E-state index is 12.5. The van der Waals surface area contributed by atoms with E-state index in [1.807, 2.05) is 20.8 Å². The summed E-state index contributed by atoms with van der Waals surface area (Å²) in [6.07, 6.45) is 4.62. The fourth-order valence-corrected chi connectivity index (χ4v) is 5.02. The second-order valence-corrected chi connectivity index (χ2v) is 10.2. The number of benzene rings is 1. The molecule has 0 radical (unpaired) electrons. The first-order chi connectivity index (χ1) is 15.9. The number of rotatable bonds is 9. The van der Waals surface area contributed by atoms with Gasteiger partial charge in [-0.15, -0.1) is 0 Å². The number of hydrogen-bond acceptors (Lipinski definition) is 6. The van der Waals surface area contributed by atoms with Crippen molar-refractivity contribution in [3.63, 3.8) is 0 Å². The molecule has 0 unspecified atom stereocenters. The number of hydrogen-bond donors (Lipinski definition) is 2. The molecule has 6 nitrogen and oxygen atoms in total. The van der Waals surface area contributed by atoms with Gasteiger partial charge in [0.1, 0.15) is 23.4 Å². The lowest BCUT2D eigenvalue weighted by Gasteiger charge is -2.45. The van der Waals surface area contributed by atoms with Crippen molar-refractivity contribution in [1.82, 2.24) is 0 Å². The number of Topliss-reactive ketones (excluding diaryl/α,β-unsaturated/α-hetero) is 1. The number of aldehydes is 1. The van der Waals surface area contributed by atoms with Crippen molar-refractivity contribution in [2.45, 2.75) is 86.2 Å². The van der Waals surface area contributed by atoms with Crippen LogP contribution in [0.5, 0.6) is 11.5 Å². The van der Waals surface area contributed by atoms with Gasteiger partial charge >= 0.3 is 5.97 Å². The zero-order valence-corrected chi connectivity index (χ0v) is 21.8. The minimum atomic E-state index is -0.560. The number of halogens is 1. The van der Waals surface area contributed by atoms with E-state index in [1.165, 1.54) is 0 Å². The van der Waals surface area contributed by atoms with Gasteiger partial charge in [-0.1, -0.05) is 45.4 Å². The number of phenols is 2. The molecule has 1 fully saturated rings. The van der Waals surface area contributed by atoms with E-state index in [0.717, 1.165) is 12.0 Å². The van der Waals surface area contributed by atoms with Gasteiger partial charge in [0.15, 0.2) is 6.29 Å². The van der Waals surface area contributed by atoms with Crippen LogP contribution in [0.15, 0.2) is 11.6 Å². The highest BCUT2D eigenvalue weighted by atomic mass is 35.5. The maximum Gasteiger partial charge on any atom is 0.306 e. The number of allylic oxidation sites excluding steroid dienone is 1. The average molecular weight is 493 g/mol. The third-order valence-corrected chi connectivity index (χ3v) is 8.26. The van der Waals surface area contributed by atoms with Crippen LogP contribution >= 0.6 is 11.6 Å². The lowest BCUT2D eigenvalue weighted by Crippen LogP contribution is -2.44. The third kappa shape index (κ3) is 5.65. The Bertz CT molecular complexity index is 982. The number of ether oxygens (including phenoxy) is 1. The van der Waals surface area contributed by atoms with Gasteiger partial charge in [0, 0.05) is 24.3 Å². The van der Waals surface area contributed by atoms with Crippen LogP contribution in [0.4, 0.5) is 0 Å². The summed E-state index contributed by atoms with van der Waals surface area (Å²) < 4.78 is 5.86. The molecule has 7 heteroatoms. The van der Waals surface area contributed by atoms with Crippen molar-refractivity contribution in [3.05, 3.63) is 33.4 Å². The SMILES string of the molecule is CCCC(=O)O[C@H](C[C@@]1(C)[C@H](C)C(=O)CC[C@@H]1C)/C(C)=C/Cc1c(O)c(Cl)c(C)c(C=O)c1O. The molecular weight excluding hydrogens is 456 g/mol. The minimum Gasteiger partial charge on any atom is -0.507 e. The van der Waals surface area contributed by atoms with Gasteiger partial charge in [0.25, 0.3) is 0 Å². The Labute approximate surface area is 207 Å². The molecule has 0 amide bonds. The van der Waals surface area contributed by atoms with Crippen LogP contribution in [0, 0.1) is 24.2 Å². The molecule has 1 aliphatic carbocycles. The molecule has 0 bridgehead atoms. The molecule has 34 heavy (non-hydrogen) atoms. The van der Waals surface area contributed by atoms with E-state index in [1.54, 1.807) is 13.0 Å². The Morgan fingerprint density at radius 2 is 1.94 bits per heavy atom. The van der Waals surface area contributed by atoms with Gasteiger partial charge in [0.05, 0.1) is 10.6 Å². The van der Waals surface area contributed by atoms with E-state index >= 15 is 0 Å². The van der Waals surface area contributed by atoms with Crippen LogP contribution in [0.25, 0.3) is 0 Å². The van der Waals surface area contributed by atoms with Crippen LogP contribution in [-0.4, -0.2) is 34.4 Å². The summed E-state index contributed by atoms with van der Waals surface area (Å²) in [7, 11) is 0. The van der Waals surface area contributed by atoms with E-state index in [0.29, 0.717) is 37.5 Å². The second kappa shape index (κ2) is 11.4.